The van der Waals surface area contributed by atoms with Gasteiger partial charge in [0.1, 0.15) is 17.2 Å². The van der Waals surface area contributed by atoms with Crippen LogP contribution < -0.4 is 10.5 Å². The van der Waals surface area contributed by atoms with Gasteiger partial charge in [-0.15, -0.1) is 0 Å². The zero-order valence-corrected chi connectivity index (χ0v) is 12.2. The Morgan fingerprint density at radius 2 is 2.00 bits per heavy atom. The average Bonchev–Trinajstić information content (AvgIpc) is 2.49. The second-order valence-electron chi connectivity index (χ2n) is 5.79. The maximum Gasteiger partial charge on any atom is 0.125 e. The molecule has 0 amide bonds. The summed E-state index contributed by atoms with van der Waals surface area (Å²) in [4.78, 5) is 0. The van der Waals surface area contributed by atoms with Crippen LogP contribution in [0, 0.1) is 5.82 Å². The largest absolute Gasteiger partial charge is 0.487 e. The lowest BCUT2D eigenvalue weighted by Crippen LogP contribution is -2.44. The summed E-state index contributed by atoms with van der Waals surface area (Å²) in [5, 5.41) is 0. The molecule has 2 atom stereocenters. The quantitative estimate of drug-likeness (QED) is 0.925. The zero-order valence-electron chi connectivity index (χ0n) is 12.2. The van der Waals surface area contributed by atoms with E-state index in [1.165, 1.54) is 17.7 Å². The van der Waals surface area contributed by atoms with E-state index in [-0.39, 0.29) is 17.5 Å². The molecule has 2 nitrogen and oxygen atoms in total. The third-order valence-corrected chi connectivity index (χ3v) is 4.30. The Kier molecular flexibility index (Phi) is 3.68. The minimum absolute atomic E-state index is 0.187. The van der Waals surface area contributed by atoms with Gasteiger partial charge in [-0.05, 0) is 30.2 Å². The first kappa shape index (κ1) is 14.1. The van der Waals surface area contributed by atoms with E-state index < -0.39 is 0 Å². The van der Waals surface area contributed by atoms with Crippen LogP contribution in [0.1, 0.15) is 36.9 Å². The Labute approximate surface area is 124 Å². The van der Waals surface area contributed by atoms with Crippen LogP contribution in [0.5, 0.6) is 5.75 Å². The van der Waals surface area contributed by atoms with Crippen molar-refractivity contribution in [2.24, 2.45) is 5.73 Å². The number of ether oxygens (including phenoxy) is 1. The number of nitrogens with two attached hydrogens (primary N) is 1. The summed E-state index contributed by atoms with van der Waals surface area (Å²) in [7, 11) is 0. The van der Waals surface area contributed by atoms with Crippen LogP contribution >= 0.6 is 0 Å². The fraction of sp³-hybridized carbons (Fsp3) is 0.333. The Balaban J connectivity index is 1.92. The van der Waals surface area contributed by atoms with Gasteiger partial charge in [-0.2, -0.15) is 0 Å². The summed E-state index contributed by atoms with van der Waals surface area (Å²) in [5.74, 6) is 0.452. The van der Waals surface area contributed by atoms with Crippen molar-refractivity contribution in [3.8, 4) is 5.75 Å². The molecule has 0 spiro atoms. The first-order valence-electron chi connectivity index (χ1n) is 7.40. The molecular weight excluding hydrogens is 265 g/mol. The first-order chi connectivity index (χ1) is 10.1. The van der Waals surface area contributed by atoms with Crippen LogP contribution in [0.25, 0.3) is 0 Å². The molecule has 0 bridgehead atoms. The topological polar surface area (TPSA) is 35.2 Å². The summed E-state index contributed by atoms with van der Waals surface area (Å²) in [6, 6.07) is 14.7. The van der Waals surface area contributed by atoms with Crippen LogP contribution in [-0.2, 0) is 6.42 Å². The maximum atomic E-state index is 13.4. The predicted octanol–water partition coefficient (Wildman–Crippen LogP) is 4.00. The second-order valence-corrected chi connectivity index (χ2v) is 5.79. The van der Waals surface area contributed by atoms with Crippen LogP contribution in [-0.4, -0.2) is 5.60 Å². The molecule has 110 valence electrons. The standard InChI is InChI=1S/C18H20FNO/c1-2-18(11-13-6-4-3-5-7-13)12-16(20)15-10-14(19)8-9-17(15)21-18/h3-10,16H,2,11-12,20H2,1H3/t16-,18?/m0/s1. The van der Waals surface area contributed by atoms with Gasteiger partial charge in [0.05, 0.1) is 0 Å². The fourth-order valence-electron chi connectivity index (χ4n) is 3.11. The van der Waals surface area contributed by atoms with E-state index in [4.69, 9.17) is 10.5 Å². The van der Waals surface area contributed by atoms with Gasteiger partial charge in [0.15, 0.2) is 0 Å². The fourth-order valence-corrected chi connectivity index (χ4v) is 3.11. The van der Waals surface area contributed by atoms with Crippen molar-refractivity contribution < 1.29 is 9.13 Å². The second kappa shape index (κ2) is 5.49. The molecule has 0 radical (unpaired) electrons. The van der Waals surface area contributed by atoms with Gasteiger partial charge < -0.3 is 10.5 Å². The molecule has 0 saturated carbocycles. The minimum Gasteiger partial charge on any atom is -0.487 e. The molecule has 21 heavy (non-hydrogen) atoms. The van der Waals surface area contributed by atoms with E-state index in [0.717, 1.165) is 18.4 Å². The number of hydrogen-bond acceptors (Lipinski definition) is 2. The van der Waals surface area contributed by atoms with Gasteiger partial charge in [0, 0.05) is 24.4 Å². The number of fused-ring (bicyclic) bond motifs is 1. The summed E-state index contributed by atoms with van der Waals surface area (Å²) in [5.41, 5.74) is 7.96. The molecule has 3 rings (SSSR count). The van der Waals surface area contributed by atoms with E-state index in [0.29, 0.717) is 12.2 Å². The average molecular weight is 285 g/mol. The van der Waals surface area contributed by atoms with Gasteiger partial charge >= 0.3 is 0 Å². The van der Waals surface area contributed by atoms with E-state index in [1.54, 1.807) is 6.07 Å². The molecule has 0 saturated heterocycles. The maximum absolute atomic E-state index is 13.4. The van der Waals surface area contributed by atoms with Crippen LogP contribution in [0.15, 0.2) is 48.5 Å². The number of rotatable bonds is 3. The lowest BCUT2D eigenvalue weighted by atomic mass is 9.81. The summed E-state index contributed by atoms with van der Waals surface area (Å²) < 4.78 is 19.6. The van der Waals surface area contributed by atoms with Crippen LogP contribution in [0.3, 0.4) is 0 Å². The normalized spacial score (nSPS) is 24.2. The number of halogens is 1. The van der Waals surface area contributed by atoms with Crippen molar-refractivity contribution in [2.45, 2.75) is 37.8 Å². The van der Waals surface area contributed by atoms with Crippen molar-refractivity contribution in [1.29, 1.82) is 0 Å². The third kappa shape index (κ3) is 2.79. The molecule has 1 unspecified atom stereocenters. The third-order valence-electron chi connectivity index (χ3n) is 4.30. The van der Waals surface area contributed by atoms with Gasteiger partial charge in [-0.1, -0.05) is 37.3 Å². The monoisotopic (exact) mass is 285 g/mol. The van der Waals surface area contributed by atoms with Crippen molar-refractivity contribution in [3.05, 3.63) is 65.5 Å². The SMILES string of the molecule is CCC1(Cc2ccccc2)C[C@H](N)c2cc(F)ccc2O1. The highest BCUT2D eigenvalue weighted by Gasteiger charge is 2.38. The minimum atomic E-state index is -0.314. The van der Waals surface area contributed by atoms with Gasteiger partial charge in [-0.25, -0.2) is 4.39 Å². The summed E-state index contributed by atoms with van der Waals surface area (Å²) in [6.07, 6.45) is 2.39. The predicted molar refractivity (Wildman–Crippen MR) is 81.7 cm³/mol. The molecule has 0 aliphatic carbocycles. The highest BCUT2D eigenvalue weighted by molar-refractivity contribution is 5.39. The zero-order chi connectivity index (χ0) is 14.9. The molecule has 1 aliphatic rings. The molecule has 1 heterocycles. The van der Waals surface area contributed by atoms with Gasteiger partial charge in [-0.3, -0.25) is 0 Å². The van der Waals surface area contributed by atoms with E-state index in [9.17, 15) is 4.39 Å². The highest BCUT2D eigenvalue weighted by atomic mass is 19.1. The van der Waals surface area contributed by atoms with Crippen molar-refractivity contribution in [1.82, 2.24) is 0 Å². The van der Waals surface area contributed by atoms with Gasteiger partial charge in [0.2, 0.25) is 0 Å². The summed E-state index contributed by atoms with van der Waals surface area (Å²) in [6.45, 7) is 2.12. The molecule has 0 fully saturated rings. The summed E-state index contributed by atoms with van der Waals surface area (Å²) >= 11 is 0. The molecule has 2 aromatic carbocycles. The Morgan fingerprint density at radius 1 is 1.24 bits per heavy atom. The lowest BCUT2D eigenvalue weighted by Gasteiger charge is -2.41. The van der Waals surface area contributed by atoms with Crippen molar-refractivity contribution >= 4 is 0 Å². The molecule has 2 N–H and O–H groups in total. The number of benzene rings is 2. The van der Waals surface area contributed by atoms with Gasteiger partial charge in [0.25, 0.3) is 0 Å². The Bertz CT molecular complexity index is 628. The van der Waals surface area contributed by atoms with E-state index in [1.807, 2.05) is 18.2 Å². The smallest absolute Gasteiger partial charge is 0.125 e. The molecule has 1 aliphatic heterocycles. The molecule has 3 heteroatoms. The van der Waals surface area contributed by atoms with E-state index >= 15 is 0 Å². The molecule has 0 aromatic heterocycles. The Hall–Kier alpha value is -1.87. The van der Waals surface area contributed by atoms with Crippen molar-refractivity contribution in [2.75, 3.05) is 0 Å². The first-order valence-corrected chi connectivity index (χ1v) is 7.40. The number of hydrogen-bond donors (Lipinski definition) is 1. The highest BCUT2D eigenvalue weighted by Crippen LogP contribution is 2.41. The van der Waals surface area contributed by atoms with Crippen molar-refractivity contribution in [3.63, 3.8) is 0 Å². The molecule has 2 aromatic rings. The van der Waals surface area contributed by atoms with Crippen LogP contribution in [0.2, 0.25) is 0 Å². The Morgan fingerprint density at radius 3 is 2.71 bits per heavy atom. The van der Waals surface area contributed by atoms with E-state index in [2.05, 4.69) is 19.1 Å². The lowest BCUT2D eigenvalue weighted by molar-refractivity contribution is 0.0319. The molecular formula is C18H20FNO. The van der Waals surface area contributed by atoms with Crippen LogP contribution in [0.4, 0.5) is 4.39 Å².